The lowest BCUT2D eigenvalue weighted by molar-refractivity contribution is 0.0336. The first-order valence-corrected chi connectivity index (χ1v) is 7.17. The molecule has 0 radical (unpaired) electrons. The molecule has 0 aliphatic carbocycles. The summed E-state index contributed by atoms with van der Waals surface area (Å²) in [4.78, 5) is 18.4. The van der Waals surface area contributed by atoms with Crippen LogP contribution in [0.25, 0.3) is 0 Å². The van der Waals surface area contributed by atoms with Gasteiger partial charge < -0.3 is 9.47 Å². The van der Waals surface area contributed by atoms with Gasteiger partial charge in [0.25, 0.3) is 0 Å². The van der Waals surface area contributed by atoms with Crippen LogP contribution in [0.1, 0.15) is 26.5 Å². The number of carbonyl (C=O) groups is 1. The Balaban J connectivity index is 1.92. The fraction of sp³-hybridized carbons (Fsp3) is 0.600. The summed E-state index contributed by atoms with van der Waals surface area (Å²) >= 11 is 0. The molecule has 6 nitrogen and oxygen atoms in total. The van der Waals surface area contributed by atoms with Gasteiger partial charge in [0, 0.05) is 31.5 Å². The van der Waals surface area contributed by atoms with Gasteiger partial charge in [0.1, 0.15) is 5.60 Å². The lowest BCUT2D eigenvalue weighted by Gasteiger charge is -2.26. The summed E-state index contributed by atoms with van der Waals surface area (Å²) in [5.41, 5.74) is 1.11. The van der Waals surface area contributed by atoms with E-state index in [2.05, 4.69) is 15.2 Å². The second-order valence-electron chi connectivity index (χ2n) is 6.05. The average molecular weight is 293 g/mol. The zero-order valence-corrected chi connectivity index (χ0v) is 12.9. The largest absolute Gasteiger partial charge is 0.444 e. The predicted octanol–water partition coefficient (Wildman–Crippen LogP) is 2.26. The molecule has 2 heterocycles. The van der Waals surface area contributed by atoms with E-state index in [0.29, 0.717) is 5.69 Å². The van der Waals surface area contributed by atoms with Gasteiger partial charge in [0.15, 0.2) is 0 Å². The first-order chi connectivity index (χ1) is 9.92. The molecule has 0 unspecified atom stereocenters. The van der Waals surface area contributed by atoms with Crippen molar-refractivity contribution in [2.24, 2.45) is 0 Å². The SMILES string of the molecule is CC(C)(C)OC(=O)Nc1ccnc(CN2CCOCC2)c1. The summed E-state index contributed by atoms with van der Waals surface area (Å²) in [5.74, 6) is 0. The van der Waals surface area contributed by atoms with Crippen molar-refractivity contribution in [2.45, 2.75) is 32.9 Å². The van der Waals surface area contributed by atoms with Gasteiger partial charge in [-0.3, -0.25) is 15.2 Å². The molecule has 1 aliphatic rings. The molecule has 2 rings (SSSR count). The number of pyridine rings is 1. The van der Waals surface area contributed by atoms with Gasteiger partial charge in [-0.1, -0.05) is 0 Å². The lowest BCUT2D eigenvalue weighted by atomic mass is 10.2. The first-order valence-electron chi connectivity index (χ1n) is 7.17. The summed E-state index contributed by atoms with van der Waals surface area (Å²) in [6.07, 6.45) is 1.24. The molecular weight excluding hydrogens is 270 g/mol. The molecule has 1 aliphatic heterocycles. The van der Waals surface area contributed by atoms with Crippen molar-refractivity contribution in [3.8, 4) is 0 Å². The van der Waals surface area contributed by atoms with Crippen molar-refractivity contribution in [3.63, 3.8) is 0 Å². The number of ether oxygens (including phenoxy) is 2. The smallest absolute Gasteiger partial charge is 0.412 e. The zero-order chi connectivity index (χ0) is 15.3. The fourth-order valence-electron chi connectivity index (χ4n) is 2.05. The molecular formula is C15H23N3O3. The Bertz CT molecular complexity index is 479. The fourth-order valence-corrected chi connectivity index (χ4v) is 2.05. The van der Waals surface area contributed by atoms with Crippen LogP contribution in [0.4, 0.5) is 10.5 Å². The van der Waals surface area contributed by atoms with E-state index in [1.165, 1.54) is 0 Å². The standard InChI is InChI=1S/C15H23N3O3/c1-15(2,3)21-14(19)17-12-4-5-16-13(10-12)11-18-6-8-20-9-7-18/h4-5,10H,6-9,11H2,1-3H3,(H,16,17,19). The van der Waals surface area contributed by atoms with Crippen molar-refractivity contribution in [3.05, 3.63) is 24.0 Å². The van der Waals surface area contributed by atoms with E-state index >= 15 is 0 Å². The van der Waals surface area contributed by atoms with E-state index in [0.717, 1.165) is 38.5 Å². The van der Waals surface area contributed by atoms with E-state index in [4.69, 9.17) is 9.47 Å². The maximum atomic E-state index is 11.7. The van der Waals surface area contributed by atoms with Gasteiger partial charge in [-0.25, -0.2) is 4.79 Å². The van der Waals surface area contributed by atoms with Crippen molar-refractivity contribution in [2.75, 3.05) is 31.6 Å². The first kappa shape index (κ1) is 15.7. The van der Waals surface area contributed by atoms with Gasteiger partial charge in [-0.15, -0.1) is 0 Å². The summed E-state index contributed by atoms with van der Waals surface area (Å²) in [6.45, 7) is 9.60. The highest BCUT2D eigenvalue weighted by Crippen LogP contribution is 2.13. The third-order valence-electron chi connectivity index (χ3n) is 2.95. The Morgan fingerprint density at radius 2 is 2.14 bits per heavy atom. The third-order valence-corrected chi connectivity index (χ3v) is 2.95. The minimum atomic E-state index is -0.506. The van der Waals surface area contributed by atoms with E-state index in [-0.39, 0.29) is 0 Å². The summed E-state index contributed by atoms with van der Waals surface area (Å²) in [7, 11) is 0. The van der Waals surface area contributed by atoms with E-state index in [9.17, 15) is 4.79 Å². The molecule has 1 aromatic heterocycles. The molecule has 21 heavy (non-hydrogen) atoms. The second kappa shape index (κ2) is 6.87. The van der Waals surface area contributed by atoms with Crippen molar-refractivity contribution >= 4 is 11.8 Å². The van der Waals surface area contributed by atoms with E-state index in [1.54, 1.807) is 12.3 Å². The molecule has 0 spiro atoms. The molecule has 1 fully saturated rings. The number of carbonyl (C=O) groups excluding carboxylic acids is 1. The number of nitrogens with one attached hydrogen (secondary N) is 1. The summed E-state index contributed by atoms with van der Waals surface area (Å²) in [6, 6.07) is 3.63. The van der Waals surface area contributed by atoms with Crippen LogP contribution in [-0.4, -0.2) is 47.9 Å². The quantitative estimate of drug-likeness (QED) is 0.926. The van der Waals surface area contributed by atoms with Crippen LogP contribution in [0.2, 0.25) is 0 Å². The average Bonchev–Trinajstić information content (AvgIpc) is 2.38. The highest BCUT2D eigenvalue weighted by Gasteiger charge is 2.16. The number of aromatic nitrogens is 1. The Morgan fingerprint density at radius 1 is 1.43 bits per heavy atom. The van der Waals surface area contributed by atoms with Crippen molar-refractivity contribution < 1.29 is 14.3 Å². The topological polar surface area (TPSA) is 63.7 Å². The van der Waals surface area contributed by atoms with Crippen LogP contribution in [0.5, 0.6) is 0 Å². The molecule has 1 N–H and O–H groups in total. The maximum absolute atomic E-state index is 11.7. The summed E-state index contributed by atoms with van der Waals surface area (Å²) < 4.78 is 10.6. The van der Waals surface area contributed by atoms with Crippen LogP contribution < -0.4 is 5.32 Å². The van der Waals surface area contributed by atoms with Gasteiger partial charge in [0.05, 0.1) is 18.9 Å². The minimum Gasteiger partial charge on any atom is -0.444 e. The Morgan fingerprint density at radius 3 is 2.81 bits per heavy atom. The summed E-state index contributed by atoms with van der Waals surface area (Å²) in [5, 5.41) is 2.73. The lowest BCUT2D eigenvalue weighted by Crippen LogP contribution is -2.35. The van der Waals surface area contributed by atoms with Crippen molar-refractivity contribution in [1.29, 1.82) is 0 Å². The van der Waals surface area contributed by atoms with Crippen LogP contribution in [0.3, 0.4) is 0 Å². The van der Waals surface area contributed by atoms with Crippen LogP contribution in [0.15, 0.2) is 18.3 Å². The Kier molecular flexibility index (Phi) is 5.14. The van der Waals surface area contributed by atoms with Crippen LogP contribution >= 0.6 is 0 Å². The molecule has 1 saturated heterocycles. The maximum Gasteiger partial charge on any atom is 0.412 e. The number of amides is 1. The molecule has 0 saturated carbocycles. The minimum absolute atomic E-state index is 0.453. The highest BCUT2D eigenvalue weighted by atomic mass is 16.6. The second-order valence-corrected chi connectivity index (χ2v) is 6.05. The molecule has 116 valence electrons. The molecule has 0 bridgehead atoms. The Labute approximate surface area is 125 Å². The number of hydrogen-bond donors (Lipinski definition) is 1. The van der Waals surface area contributed by atoms with Crippen LogP contribution in [0, 0.1) is 0 Å². The number of nitrogens with zero attached hydrogens (tertiary/aromatic N) is 2. The normalized spacial score (nSPS) is 16.5. The molecule has 1 aromatic rings. The van der Waals surface area contributed by atoms with E-state index < -0.39 is 11.7 Å². The Hall–Kier alpha value is -1.66. The van der Waals surface area contributed by atoms with E-state index in [1.807, 2.05) is 26.8 Å². The zero-order valence-electron chi connectivity index (χ0n) is 12.9. The predicted molar refractivity (Wildman–Crippen MR) is 80.2 cm³/mol. The van der Waals surface area contributed by atoms with Crippen molar-refractivity contribution in [1.82, 2.24) is 9.88 Å². The third kappa shape index (κ3) is 5.69. The number of rotatable bonds is 3. The molecule has 0 aromatic carbocycles. The number of morpholine rings is 1. The van der Waals surface area contributed by atoms with Gasteiger partial charge in [-0.2, -0.15) is 0 Å². The van der Waals surface area contributed by atoms with Gasteiger partial charge in [0.2, 0.25) is 0 Å². The number of anilines is 1. The molecule has 0 atom stereocenters. The highest BCUT2D eigenvalue weighted by molar-refractivity contribution is 5.84. The monoisotopic (exact) mass is 293 g/mol. The van der Waals surface area contributed by atoms with Gasteiger partial charge >= 0.3 is 6.09 Å². The van der Waals surface area contributed by atoms with Crippen LogP contribution in [-0.2, 0) is 16.0 Å². The molecule has 1 amide bonds. The number of hydrogen-bond acceptors (Lipinski definition) is 5. The van der Waals surface area contributed by atoms with Gasteiger partial charge in [-0.05, 0) is 32.9 Å². The molecule has 6 heteroatoms.